The molecule has 0 saturated carbocycles. The van der Waals surface area contributed by atoms with E-state index in [2.05, 4.69) is 4.98 Å². The van der Waals surface area contributed by atoms with Crippen LogP contribution in [0.2, 0.25) is 0 Å². The van der Waals surface area contributed by atoms with Crippen molar-refractivity contribution in [3.05, 3.63) is 17.7 Å². The zero-order valence-corrected chi connectivity index (χ0v) is 9.63. The first-order valence-corrected chi connectivity index (χ1v) is 6.13. The zero-order chi connectivity index (χ0) is 11.8. The molecular formula is C12H16N2O3. The average Bonchev–Trinajstić information content (AvgIpc) is 2.96. The van der Waals surface area contributed by atoms with Crippen LogP contribution in [-0.2, 0) is 16.1 Å². The predicted octanol–water partition coefficient (Wildman–Crippen LogP) is 1.35. The van der Waals surface area contributed by atoms with E-state index in [0.717, 1.165) is 37.5 Å². The fraction of sp³-hybridized carbons (Fsp3) is 0.667. The molecule has 0 aliphatic carbocycles. The maximum Gasteiger partial charge on any atom is 0.314 e. The van der Waals surface area contributed by atoms with E-state index in [4.69, 9.17) is 4.74 Å². The monoisotopic (exact) mass is 236 g/mol. The fourth-order valence-corrected chi connectivity index (χ4v) is 2.70. The first-order valence-electron chi connectivity index (χ1n) is 6.13. The minimum atomic E-state index is -0.759. The summed E-state index contributed by atoms with van der Waals surface area (Å²) in [4.78, 5) is 15.7. The number of hydrogen-bond donors (Lipinski definition) is 1. The highest BCUT2D eigenvalue weighted by Crippen LogP contribution is 2.31. The van der Waals surface area contributed by atoms with E-state index in [0.29, 0.717) is 18.9 Å². The number of aromatic nitrogens is 2. The molecule has 2 unspecified atom stereocenters. The lowest BCUT2D eigenvalue weighted by molar-refractivity contribution is -0.139. The molecule has 0 amide bonds. The number of aryl methyl sites for hydroxylation is 1. The summed E-state index contributed by atoms with van der Waals surface area (Å²) in [5, 5.41) is 9.18. The molecular weight excluding hydrogens is 220 g/mol. The maximum absolute atomic E-state index is 11.2. The topological polar surface area (TPSA) is 64.3 Å². The molecule has 1 saturated heterocycles. The van der Waals surface area contributed by atoms with Gasteiger partial charge in [-0.1, -0.05) is 0 Å². The number of nitrogens with zero attached hydrogens (tertiary/aromatic N) is 2. The van der Waals surface area contributed by atoms with Crippen LogP contribution in [0.5, 0.6) is 0 Å². The van der Waals surface area contributed by atoms with E-state index in [9.17, 15) is 9.90 Å². The molecule has 2 aliphatic heterocycles. The number of carboxylic acid groups (broad SMARTS) is 1. The molecule has 1 fully saturated rings. The summed E-state index contributed by atoms with van der Waals surface area (Å²) in [6.45, 7) is 2.39. The lowest BCUT2D eigenvalue weighted by atomic mass is 9.99. The van der Waals surface area contributed by atoms with Crippen molar-refractivity contribution in [3.63, 3.8) is 0 Å². The van der Waals surface area contributed by atoms with Crippen LogP contribution < -0.4 is 0 Å². The summed E-state index contributed by atoms with van der Waals surface area (Å²) in [6.07, 6.45) is 4.63. The molecule has 1 N–H and O–H groups in total. The minimum absolute atomic E-state index is 0.350. The first-order chi connectivity index (χ1) is 8.25. The Hall–Kier alpha value is -1.36. The highest BCUT2D eigenvalue weighted by molar-refractivity contribution is 5.75. The number of ether oxygens (including phenoxy) is 1. The number of fused-ring (bicyclic) bond motifs is 1. The quantitative estimate of drug-likeness (QED) is 0.841. The third kappa shape index (κ3) is 1.84. The molecule has 5 nitrogen and oxygen atoms in total. The number of imidazole rings is 1. The molecule has 2 aliphatic rings. The summed E-state index contributed by atoms with van der Waals surface area (Å²) in [6, 6.07) is 0. The molecule has 3 heterocycles. The van der Waals surface area contributed by atoms with Gasteiger partial charge in [-0.25, -0.2) is 4.98 Å². The summed E-state index contributed by atoms with van der Waals surface area (Å²) in [5.41, 5.74) is 1.01. The van der Waals surface area contributed by atoms with E-state index in [1.807, 2.05) is 10.8 Å². The van der Waals surface area contributed by atoms with Gasteiger partial charge in [0.05, 0.1) is 12.3 Å². The van der Waals surface area contributed by atoms with E-state index in [1.54, 1.807) is 0 Å². The molecule has 0 spiro atoms. The van der Waals surface area contributed by atoms with Gasteiger partial charge in [0.15, 0.2) is 0 Å². The Bertz CT molecular complexity index is 435. The van der Waals surface area contributed by atoms with Gasteiger partial charge in [0.2, 0.25) is 0 Å². The van der Waals surface area contributed by atoms with Crippen LogP contribution >= 0.6 is 0 Å². The van der Waals surface area contributed by atoms with Crippen LogP contribution in [0, 0.1) is 0 Å². The maximum atomic E-state index is 11.2. The van der Waals surface area contributed by atoms with Gasteiger partial charge in [0.25, 0.3) is 0 Å². The number of rotatable bonds is 2. The van der Waals surface area contributed by atoms with Gasteiger partial charge in [-0.15, -0.1) is 0 Å². The van der Waals surface area contributed by atoms with Gasteiger partial charge < -0.3 is 14.4 Å². The third-order valence-electron chi connectivity index (χ3n) is 3.68. The zero-order valence-electron chi connectivity index (χ0n) is 9.63. The van der Waals surface area contributed by atoms with E-state index in [1.165, 1.54) is 0 Å². The molecule has 0 aromatic carbocycles. The standard InChI is InChI=1S/C12H16N2O3/c15-12(16)9-2-1-4-14-6-10(13-11(9)14)8-3-5-17-7-8/h6,8-9H,1-5,7H2,(H,15,16). The molecule has 2 atom stereocenters. The Morgan fingerprint density at radius 1 is 1.53 bits per heavy atom. The highest BCUT2D eigenvalue weighted by Gasteiger charge is 2.30. The Morgan fingerprint density at radius 3 is 3.12 bits per heavy atom. The Labute approximate surface area is 99.4 Å². The molecule has 92 valence electrons. The van der Waals surface area contributed by atoms with Crippen LogP contribution in [0.3, 0.4) is 0 Å². The van der Waals surface area contributed by atoms with Crippen LogP contribution in [0.15, 0.2) is 6.20 Å². The van der Waals surface area contributed by atoms with Gasteiger partial charge in [-0.2, -0.15) is 0 Å². The van der Waals surface area contributed by atoms with Crippen LogP contribution in [0.1, 0.15) is 42.6 Å². The lowest BCUT2D eigenvalue weighted by Crippen LogP contribution is -2.22. The van der Waals surface area contributed by atoms with Crippen molar-refractivity contribution in [2.24, 2.45) is 0 Å². The van der Waals surface area contributed by atoms with Crippen molar-refractivity contribution in [1.82, 2.24) is 9.55 Å². The highest BCUT2D eigenvalue weighted by atomic mass is 16.5. The number of carboxylic acids is 1. The van der Waals surface area contributed by atoms with Crippen molar-refractivity contribution in [2.45, 2.75) is 37.6 Å². The first kappa shape index (κ1) is 10.8. The second-order valence-corrected chi connectivity index (χ2v) is 4.81. The summed E-state index contributed by atoms with van der Waals surface area (Å²) in [7, 11) is 0. The minimum Gasteiger partial charge on any atom is -0.481 e. The van der Waals surface area contributed by atoms with Crippen LogP contribution in [-0.4, -0.2) is 33.8 Å². The second kappa shape index (κ2) is 4.14. The molecule has 0 radical (unpaired) electrons. The third-order valence-corrected chi connectivity index (χ3v) is 3.68. The van der Waals surface area contributed by atoms with Crippen LogP contribution in [0.4, 0.5) is 0 Å². The number of hydrogen-bond acceptors (Lipinski definition) is 3. The molecule has 1 aromatic rings. The van der Waals surface area contributed by atoms with Gasteiger partial charge in [-0.3, -0.25) is 4.79 Å². The normalized spacial score (nSPS) is 28.0. The van der Waals surface area contributed by atoms with Crippen molar-refractivity contribution in [2.75, 3.05) is 13.2 Å². The molecule has 1 aromatic heterocycles. The number of aliphatic carboxylic acids is 1. The van der Waals surface area contributed by atoms with Crippen LogP contribution in [0.25, 0.3) is 0 Å². The summed E-state index contributed by atoms with van der Waals surface area (Å²) >= 11 is 0. The SMILES string of the molecule is O=C(O)C1CCCn2cc(C3CCOC3)nc21. The Kier molecular flexibility index (Phi) is 2.63. The Balaban J connectivity index is 1.92. The number of carbonyl (C=O) groups is 1. The van der Waals surface area contributed by atoms with E-state index < -0.39 is 11.9 Å². The lowest BCUT2D eigenvalue weighted by Gasteiger charge is -2.19. The van der Waals surface area contributed by atoms with Crippen molar-refractivity contribution in [3.8, 4) is 0 Å². The molecule has 3 rings (SSSR count). The average molecular weight is 236 g/mol. The molecule has 17 heavy (non-hydrogen) atoms. The molecule has 0 bridgehead atoms. The van der Waals surface area contributed by atoms with Gasteiger partial charge >= 0.3 is 5.97 Å². The van der Waals surface area contributed by atoms with Gasteiger partial charge in [0.1, 0.15) is 11.7 Å². The predicted molar refractivity (Wildman–Crippen MR) is 60.0 cm³/mol. The second-order valence-electron chi connectivity index (χ2n) is 4.81. The van der Waals surface area contributed by atoms with E-state index >= 15 is 0 Å². The Morgan fingerprint density at radius 2 is 2.41 bits per heavy atom. The van der Waals surface area contributed by atoms with Crippen molar-refractivity contribution in [1.29, 1.82) is 0 Å². The summed E-state index contributed by atoms with van der Waals surface area (Å²) in [5.74, 6) is -0.112. The molecule has 5 heteroatoms. The van der Waals surface area contributed by atoms with E-state index in [-0.39, 0.29) is 0 Å². The summed E-state index contributed by atoms with van der Waals surface area (Å²) < 4.78 is 7.36. The largest absolute Gasteiger partial charge is 0.481 e. The van der Waals surface area contributed by atoms with Crippen molar-refractivity contribution < 1.29 is 14.6 Å². The van der Waals surface area contributed by atoms with Gasteiger partial charge in [-0.05, 0) is 19.3 Å². The smallest absolute Gasteiger partial charge is 0.314 e. The van der Waals surface area contributed by atoms with Gasteiger partial charge in [0, 0.05) is 25.3 Å². The van der Waals surface area contributed by atoms with Crippen molar-refractivity contribution >= 4 is 5.97 Å². The fourth-order valence-electron chi connectivity index (χ4n) is 2.70.